The fourth-order valence-corrected chi connectivity index (χ4v) is 2.26. The minimum atomic E-state index is -0.895. The standard InChI is InChI=1S/C17H17N5O3/c23-14(12-21-9-5-4-8-16(21)24)10-18-17(25)15-11-19-22(20-15)13-6-2-1-3-7-13/h1-9,11,14,23H,10,12H2,(H,18,25)/t14-/m0/s1. The summed E-state index contributed by atoms with van der Waals surface area (Å²) < 4.78 is 1.38. The van der Waals surface area contributed by atoms with Crippen LogP contribution in [0.3, 0.4) is 0 Å². The lowest BCUT2D eigenvalue weighted by atomic mass is 10.3. The Hall–Kier alpha value is -3.26. The van der Waals surface area contributed by atoms with Crippen molar-refractivity contribution in [3.63, 3.8) is 0 Å². The monoisotopic (exact) mass is 339 g/mol. The molecule has 1 aromatic carbocycles. The summed E-state index contributed by atoms with van der Waals surface area (Å²) in [5.74, 6) is -0.443. The van der Waals surface area contributed by atoms with Crippen LogP contribution in [0.4, 0.5) is 0 Å². The second-order valence-corrected chi connectivity index (χ2v) is 5.41. The van der Waals surface area contributed by atoms with Crippen LogP contribution in [0.25, 0.3) is 5.69 Å². The summed E-state index contributed by atoms with van der Waals surface area (Å²) in [6, 6.07) is 14.0. The van der Waals surface area contributed by atoms with Gasteiger partial charge in [0.1, 0.15) is 0 Å². The quantitative estimate of drug-likeness (QED) is 0.669. The van der Waals surface area contributed by atoms with E-state index in [0.717, 1.165) is 5.69 Å². The number of carbonyl (C=O) groups is 1. The molecule has 25 heavy (non-hydrogen) atoms. The number of nitrogens with zero attached hydrogens (tertiary/aromatic N) is 4. The largest absolute Gasteiger partial charge is 0.389 e. The maximum Gasteiger partial charge on any atom is 0.273 e. The highest BCUT2D eigenvalue weighted by Gasteiger charge is 2.13. The minimum absolute atomic E-state index is 0.00162. The molecule has 0 unspecified atom stereocenters. The average Bonchev–Trinajstić information content (AvgIpc) is 3.13. The maximum absolute atomic E-state index is 12.1. The molecule has 0 aliphatic rings. The summed E-state index contributed by atoms with van der Waals surface area (Å²) in [7, 11) is 0. The first kappa shape index (κ1) is 16.6. The highest BCUT2D eigenvalue weighted by atomic mass is 16.3. The molecule has 0 aliphatic heterocycles. The first-order chi connectivity index (χ1) is 12.1. The molecule has 128 valence electrons. The second-order valence-electron chi connectivity index (χ2n) is 5.41. The Balaban J connectivity index is 1.57. The number of aromatic nitrogens is 4. The number of nitrogens with one attached hydrogen (secondary N) is 1. The molecule has 8 nitrogen and oxygen atoms in total. The number of carbonyl (C=O) groups excluding carboxylic acids is 1. The average molecular weight is 339 g/mol. The Morgan fingerprint density at radius 2 is 1.92 bits per heavy atom. The Morgan fingerprint density at radius 3 is 2.68 bits per heavy atom. The van der Waals surface area contributed by atoms with Gasteiger partial charge in [0, 0.05) is 18.8 Å². The van der Waals surface area contributed by atoms with Crippen LogP contribution in [0.15, 0.2) is 65.7 Å². The molecule has 2 heterocycles. The lowest BCUT2D eigenvalue weighted by molar-refractivity contribution is 0.0898. The van der Waals surface area contributed by atoms with Crippen molar-refractivity contribution >= 4 is 5.91 Å². The number of benzene rings is 1. The lowest BCUT2D eigenvalue weighted by Crippen LogP contribution is -2.36. The summed E-state index contributed by atoms with van der Waals surface area (Å²) in [6.07, 6.45) is 2.04. The van der Waals surface area contributed by atoms with Gasteiger partial charge in [0.15, 0.2) is 5.69 Å². The molecule has 3 rings (SSSR count). The Kier molecular flexibility index (Phi) is 5.00. The predicted molar refractivity (Wildman–Crippen MR) is 90.4 cm³/mol. The third kappa shape index (κ3) is 4.18. The van der Waals surface area contributed by atoms with Gasteiger partial charge in [0.2, 0.25) is 0 Å². The van der Waals surface area contributed by atoms with Crippen molar-refractivity contribution < 1.29 is 9.90 Å². The smallest absolute Gasteiger partial charge is 0.273 e. The van der Waals surface area contributed by atoms with Crippen LogP contribution in [-0.4, -0.2) is 43.2 Å². The summed E-state index contributed by atoms with van der Waals surface area (Å²) >= 11 is 0. The molecule has 0 saturated carbocycles. The highest BCUT2D eigenvalue weighted by Crippen LogP contribution is 2.04. The van der Waals surface area contributed by atoms with Crippen molar-refractivity contribution in [3.05, 3.63) is 77.0 Å². The predicted octanol–water partition coefficient (Wildman–Crippen LogP) is 0.220. The van der Waals surface area contributed by atoms with Gasteiger partial charge in [-0.15, -0.1) is 5.10 Å². The van der Waals surface area contributed by atoms with Crippen molar-refractivity contribution in [2.24, 2.45) is 0 Å². The Bertz CT molecular complexity index is 904. The van der Waals surface area contributed by atoms with Gasteiger partial charge in [0.25, 0.3) is 11.5 Å². The van der Waals surface area contributed by atoms with E-state index >= 15 is 0 Å². The highest BCUT2D eigenvalue weighted by molar-refractivity contribution is 5.91. The number of para-hydroxylation sites is 1. The van der Waals surface area contributed by atoms with Gasteiger partial charge in [-0.3, -0.25) is 9.59 Å². The maximum atomic E-state index is 12.1. The summed E-state index contributed by atoms with van der Waals surface area (Å²) in [4.78, 5) is 25.1. The topological polar surface area (TPSA) is 102 Å². The molecular weight excluding hydrogens is 322 g/mol. The van der Waals surface area contributed by atoms with Crippen LogP contribution in [0.1, 0.15) is 10.5 Å². The molecular formula is C17H17N5O3. The fraction of sp³-hybridized carbons (Fsp3) is 0.176. The third-order valence-electron chi connectivity index (χ3n) is 3.52. The van der Waals surface area contributed by atoms with Crippen LogP contribution in [0.5, 0.6) is 0 Å². The van der Waals surface area contributed by atoms with Gasteiger partial charge in [-0.25, -0.2) is 0 Å². The van der Waals surface area contributed by atoms with E-state index in [1.54, 1.807) is 18.3 Å². The lowest BCUT2D eigenvalue weighted by Gasteiger charge is -2.12. The SMILES string of the molecule is O=C(NC[C@H](O)Cn1ccccc1=O)c1cnn(-c2ccccc2)n1. The van der Waals surface area contributed by atoms with Crippen molar-refractivity contribution in [2.75, 3.05) is 6.54 Å². The van der Waals surface area contributed by atoms with Gasteiger partial charge in [0.05, 0.1) is 24.5 Å². The molecule has 0 radical (unpaired) electrons. The first-order valence-corrected chi connectivity index (χ1v) is 7.73. The van der Waals surface area contributed by atoms with E-state index in [-0.39, 0.29) is 24.3 Å². The van der Waals surface area contributed by atoms with Crippen LogP contribution >= 0.6 is 0 Å². The molecule has 1 atom stereocenters. The molecule has 8 heteroatoms. The van der Waals surface area contributed by atoms with Crippen LogP contribution < -0.4 is 10.9 Å². The van der Waals surface area contributed by atoms with Gasteiger partial charge in [-0.1, -0.05) is 24.3 Å². The number of rotatable bonds is 6. The van der Waals surface area contributed by atoms with Gasteiger partial charge in [-0.2, -0.15) is 9.90 Å². The minimum Gasteiger partial charge on any atom is -0.389 e. The zero-order valence-corrected chi connectivity index (χ0v) is 13.3. The number of amides is 1. The second kappa shape index (κ2) is 7.54. The van der Waals surface area contributed by atoms with Crippen LogP contribution in [0.2, 0.25) is 0 Å². The molecule has 3 aromatic rings. The molecule has 0 aliphatic carbocycles. The van der Waals surface area contributed by atoms with Crippen molar-refractivity contribution in [1.82, 2.24) is 24.9 Å². The Morgan fingerprint density at radius 1 is 1.16 bits per heavy atom. The van der Waals surface area contributed by atoms with E-state index in [1.165, 1.54) is 21.6 Å². The molecule has 0 spiro atoms. The van der Waals surface area contributed by atoms with E-state index < -0.39 is 12.0 Å². The molecule has 2 aromatic heterocycles. The van der Waals surface area contributed by atoms with Crippen molar-refractivity contribution in [1.29, 1.82) is 0 Å². The first-order valence-electron chi connectivity index (χ1n) is 7.73. The fourth-order valence-electron chi connectivity index (χ4n) is 2.26. The van der Waals surface area contributed by atoms with E-state index in [0.29, 0.717) is 0 Å². The third-order valence-corrected chi connectivity index (χ3v) is 3.52. The zero-order valence-electron chi connectivity index (χ0n) is 13.3. The van der Waals surface area contributed by atoms with Crippen LogP contribution in [0, 0.1) is 0 Å². The summed E-state index contributed by atoms with van der Waals surface area (Å²) in [5, 5.41) is 20.7. The van der Waals surface area contributed by atoms with E-state index in [9.17, 15) is 14.7 Å². The molecule has 0 saturated heterocycles. The number of aliphatic hydroxyl groups excluding tert-OH is 1. The molecule has 0 fully saturated rings. The van der Waals surface area contributed by atoms with Gasteiger partial charge < -0.3 is 15.0 Å². The van der Waals surface area contributed by atoms with Gasteiger partial charge in [-0.05, 0) is 18.2 Å². The van der Waals surface area contributed by atoms with Crippen molar-refractivity contribution in [2.45, 2.75) is 12.6 Å². The summed E-state index contributed by atoms with van der Waals surface area (Å²) in [5.41, 5.74) is 0.677. The zero-order chi connectivity index (χ0) is 17.6. The van der Waals surface area contributed by atoms with Crippen LogP contribution in [-0.2, 0) is 6.54 Å². The van der Waals surface area contributed by atoms with Crippen molar-refractivity contribution in [3.8, 4) is 5.69 Å². The Labute approximate surface area is 143 Å². The van der Waals surface area contributed by atoms with E-state index in [2.05, 4.69) is 15.5 Å². The normalized spacial score (nSPS) is 11.9. The van der Waals surface area contributed by atoms with Gasteiger partial charge >= 0.3 is 0 Å². The molecule has 2 N–H and O–H groups in total. The van der Waals surface area contributed by atoms with E-state index in [4.69, 9.17) is 0 Å². The number of aliphatic hydroxyl groups is 1. The summed E-state index contributed by atoms with van der Waals surface area (Å²) in [6.45, 7) is 0.0923. The molecule has 0 bridgehead atoms. The number of pyridine rings is 1. The molecule has 1 amide bonds. The van der Waals surface area contributed by atoms with E-state index in [1.807, 2.05) is 30.3 Å². The number of hydrogen-bond acceptors (Lipinski definition) is 5. The number of hydrogen-bond donors (Lipinski definition) is 2.